The van der Waals surface area contributed by atoms with Gasteiger partial charge in [0.2, 0.25) is 0 Å². The van der Waals surface area contributed by atoms with Gasteiger partial charge < -0.3 is 11.0 Å². The zero-order chi connectivity index (χ0) is 13.7. The molecular weight excluding hydrogens is 262 g/mol. The average Bonchev–Trinajstić information content (AvgIpc) is 2.48. The van der Waals surface area contributed by atoms with E-state index in [1.54, 1.807) is 0 Å². The van der Waals surface area contributed by atoms with Crippen LogP contribution >= 0.6 is 0 Å². The van der Waals surface area contributed by atoms with Crippen molar-refractivity contribution in [1.29, 1.82) is 5.26 Å². The first kappa shape index (κ1) is 20.4. The molecule has 2 saturated carbocycles. The van der Waals surface area contributed by atoms with Crippen molar-refractivity contribution < 1.29 is 11.0 Å². The second-order valence-corrected chi connectivity index (χ2v) is 7.27. The summed E-state index contributed by atoms with van der Waals surface area (Å²) in [5.41, 5.74) is 0. The Balaban J connectivity index is 0.00000200. The van der Waals surface area contributed by atoms with Gasteiger partial charge in [-0.2, -0.15) is 5.26 Å². The number of hydrogen-bond donors (Lipinski definition) is 0. The second kappa shape index (κ2) is 10.2. The molecule has 0 saturated heterocycles. The zero-order valence-corrected chi connectivity index (χ0v) is 13.9. The monoisotopic (exact) mass is 297 g/mol. The van der Waals surface area contributed by atoms with Crippen molar-refractivity contribution in [2.75, 3.05) is 0 Å². The molecule has 21 heavy (non-hydrogen) atoms. The van der Waals surface area contributed by atoms with Gasteiger partial charge in [-0.3, -0.25) is 0 Å². The Morgan fingerprint density at radius 1 is 0.905 bits per heavy atom. The van der Waals surface area contributed by atoms with E-state index >= 15 is 0 Å². The maximum Gasteiger partial charge on any atom is 0.0655 e. The summed E-state index contributed by atoms with van der Waals surface area (Å²) in [6.07, 6.45) is 13.7. The lowest BCUT2D eigenvalue weighted by molar-refractivity contribution is 0.147. The van der Waals surface area contributed by atoms with E-state index in [9.17, 15) is 0 Å². The first-order chi connectivity index (χ1) is 9.22. The lowest BCUT2D eigenvalue weighted by atomic mass is 9.68. The molecule has 0 bridgehead atoms. The van der Waals surface area contributed by atoms with E-state index in [0.29, 0.717) is 5.92 Å². The van der Waals surface area contributed by atoms with Crippen molar-refractivity contribution in [2.24, 2.45) is 29.6 Å². The van der Waals surface area contributed by atoms with E-state index < -0.39 is 0 Å². The van der Waals surface area contributed by atoms with Gasteiger partial charge in [0.1, 0.15) is 0 Å². The highest BCUT2D eigenvalue weighted by Gasteiger charge is 2.30. The van der Waals surface area contributed by atoms with Gasteiger partial charge in [-0.25, -0.2) is 0 Å². The van der Waals surface area contributed by atoms with Gasteiger partial charge in [0, 0.05) is 5.92 Å². The van der Waals surface area contributed by atoms with Crippen LogP contribution in [0.2, 0.25) is 0 Å². The number of nitriles is 1. The summed E-state index contributed by atoms with van der Waals surface area (Å²) in [4.78, 5) is 0. The predicted molar refractivity (Wildman–Crippen MR) is 87.8 cm³/mol. The van der Waals surface area contributed by atoms with Crippen molar-refractivity contribution >= 4 is 0 Å². The van der Waals surface area contributed by atoms with Gasteiger partial charge in [-0.05, 0) is 68.6 Å². The van der Waals surface area contributed by atoms with Crippen LogP contribution < -0.4 is 0 Å². The van der Waals surface area contributed by atoms with E-state index in [0.717, 1.165) is 23.7 Å². The summed E-state index contributed by atoms with van der Waals surface area (Å²) in [6, 6.07) is 2.46. The van der Waals surface area contributed by atoms with E-state index in [-0.39, 0.29) is 11.0 Å². The molecular formula is C18H35NO2. The quantitative estimate of drug-likeness (QED) is 0.773. The van der Waals surface area contributed by atoms with Crippen molar-refractivity contribution in [1.82, 2.24) is 0 Å². The topological polar surface area (TPSA) is 86.8 Å². The first-order valence-electron chi connectivity index (χ1n) is 8.62. The third-order valence-electron chi connectivity index (χ3n) is 5.95. The average molecular weight is 297 g/mol. The van der Waals surface area contributed by atoms with Crippen LogP contribution in [0.3, 0.4) is 0 Å². The zero-order valence-electron chi connectivity index (χ0n) is 13.9. The van der Waals surface area contributed by atoms with Crippen LogP contribution in [-0.2, 0) is 0 Å². The fraction of sp³-hybridized carbons (Fsp3) is 0.944. The summed E-state index contributed by atoms with van der Waals surface area (Å²) in [5, 5.41) is 8.98. The molecule has 0 heterocycles. The van der Waals surface area contributed by atoms with Crippen molar-refractivity contribution in [3.63, 3.8) is 0 Å². The maximum atomic E-state index is 8.98. The summed E-state index contributed by atoms with van der Waals surface area (Å²) in [6.45, 7) is 4.74. The molecule has 4 N–H and O–H groups in total. The predicted octanol–water partition coefficient (Wildman–Crippen LogP) is 3.91. The van der Waals surface area contributed by atoms with Gasteiger partial charge in [0.05, 0.1) is 6.07 Å². The Labute approximate surface area is 130 Å². The van der Waals surface area contributed by atoms with Gasteiger partial charge in [0.15, 0.2) is 0 Å². The number of nitrogens with zero attached hydrogens (tertiary/aromatic N) is 1. The van der Waals surface area contributed by atoms with Crippen LogP contribution in [0, 0.1) is 40.9 Å². The van der Waals surface area contributed by atoms with Gasteiger partial charge >= 0.3 is 0 Å². The fourth-order valence-electron chi connectivity index (χ4n) is 4.35. The minimum Gasteiger partial charge on any atom is -0.412 e. The van der Waals surface area contributed by atoms with E-state index in [4.69, 9.17) is 5.26 Å². The lowest BCUT2D eigenvalue weighted by Crippen LogP contribution is -2.26. The molecule has 0 spiro atoms. The van der Waals surface area contributed by atoms with Crippen LogP contribution in [0.15, 0.2) is 0 Å². The molecule has 1 atom stereocenters. The Morgan fingerprint density at radius 3 is 1.81 bits per heavy atom. The molecule has 0 aromatic carbocycles. The summed E-state index contributed by atoms with van der Waals surface area (Å²) < 4.78 is 0. The first-order valence-corrected chi connectivity index (χ1v) is 8.62. The maximum absolute atomic E-state index is 8.98. The minimum absolute atomic E-state index is 0. The second-order valence-electron chi connectivity index (χ2n) is 7.27. The standard InChI is InChI=1S/C18H31N.2H2O/c1-3-14(2)12-15-4-8-17(9-5-15)18-10-6-16(13-19)7-11-18;;/h14-18H,3-12H2,1-2H3;2*1H2. The molecule has 0 aromatic rings. The van der Waals surface area contributed by atoms with E-state index in [1.165, 1.54) is 64.2 Å². The minimum atomic E-state index is 0. The number of hydrogen-bond acceptors (Lipinski definition) is 1. The molecule has 2 fully saturated rings. The Kier molecular flexibility index (Phi) is 9.90. The molecule has 2 aliphatic carbocycles. The van der Waals surface area contributed by atoms with Crippen molar-refractivity contribution in [3.05, 3.63) is 0 Å². The highest BCUT2D eigenvalue weighted by atomic mass is 16.0. The Bertz CT molecular complexity index is 297. The highest BCUT2D eigenvalue weighted by molar-refractivity contribution is 4.89. The summed E-state index contributed by atoms with van der Waals surface area (Å²) in [7, 11) is 0. The normalized spacial score (nSPS) is 34.0. The molecule has 1 unspecified atom stereocenters. The van der Waals surface area contributed by atoms with Crippen LogP contribution in [0.1, 0.15) is 78.1 Å². The van der Waals surface area contributed by atoms with Crippen molar-refractivity contribution in [2.45, 2.75) is 78.1 Å². The third-order valence-corrected chi connectivity index (χ3v) is 5.95. The van der Waals surface area contributed by atoms with E-state index in [2.05, 4.69) is 19.9 Å². The smallest absolute Gasteiger partial charge is 0.0655 e. The third kappa shape index (κ3) is 5.96. The van der Waals surface area contributed by atoms with Crippen LogP contribution in [0.25, 0.3) is 0 Å². The summed E-state index contributed by atoms with van der Waals surface area (Å²) in [5.74, 6) is 4.26. The van der Waals surface area contributed by atoms with Crippen LogP contribution in [-0.4, -0.2) is 11.0 Å². The highest BCUT2D eigenvalue weighted by Crippen LogP contribution is 2.42. The molecule has 124 valence electrons. The SMILES string of the molecule is CCC(C)CC1CCC(C2CCC(C#N)CC2)CC1.O.O. The molecule has 3 heteroatoms. The number of rotatable bonds is 4. The molecule has 3 nitrogen and oxygen atoms in total. The Hall–Kier alpha value is -0.590. The van der Waals surface area contributed by atoms with Gasteiger partial charge in [0.25, 0.3) is 0 Å². The van der Waals surface area contributed by atoms with E-state index in [1.807, 2.05) is 0 Å². The molecule has 0 aromatic heterocycles. The van der Waals surface area contributed by atoms with Crippen molar-refractivity contribution in [3.8, 4) is 6.07 Å². The lowest BCUT2D eigenvalue weighted by Gasteiger charge is -2.37. The molecule has 0 amide bonds. The molecule has 2 aliphatic rings. The largest absolute Gasteiger partial charge is 0.412 e. The molecule has 0 aliphatic heterocycles. The molecule has 0 radical (unpaired) electrons. The fourth-order valence-corrected chi connectivity index (χ4v) is 4.35. The summed E-state index contributed by atoms with van der Waals surface area (Å²) >= 11 is 0. The van der Waals surface area contributed by atoms with Gasteiger partial charge in [-0.15, -0.1) is 0 Å². The Morgan fingerprint density at radius 2 is 1.38 bits per heavy atom. The van der Waals surface area contributed by atoms with Gasteiger partial charge in [-0.1, -0.05) is 33.1 Å². The van der Waals surface area contributed by atoms with Crippen LogP contribution in [0.5, 0.6) is 0 Å². The molecule has 2 rings (SSSR count). The van der Waals surface area contributed by atoms with Crippen LogP contribution in [0.4, 0.5) is 0 Å².